The Kier molecular flexibility index (Phi) is 2.95. The van der Waals surface area contributed by atoms with Crippen molar-refractivity contribution in [2.24, 2.45) is 0 Å². The van der Waals surface area contributed by atoms with Gasteiger partial charge in [-0.3, -0.25) is 4.57 Å². The molecular weight excluding hydrogens is 242 g/mol. The number of aliphatic hydroxyl groups is 1. The molecule has 1 aromatic carbocycles. The number of aromatic amines is 1. The Morgan fingerprint density at radius 1 is 1.47 bits per heavy atom. The highest BCUT2D eigenvalue weighted by molar-refractivity contribution is 5.79. The number of imidazole rings is 1. The molecule has 1 aliphatic heterocycles. The van der Waals surface area contributed by atoms with Crippen LogP contribution in [0.4, 0.5) is 0 Å². The molecule has 3 N–H and O–H groups in total. The number of hydrogen-bond acceptors (Lipinski definition) is 3. The summed E-state index contributed by atoms with van der Waals surface area (Å²) < 4.78 is 1.73. The number of nitrogens with one attached hydrogen (secondary N) is 2. The molecule has 1 aromatic heterocycles. The number of aromatic nitrogens is 2. The molecule has 0 spiro atoms. The van der Waals surface area contributed by atoms with Gasteiger partial charge in [-0.05, 0) is 12.5 Å². The van der Waals surface area contributed by atoms with Crippen LogP contribution >= 0.6 is 0 Å². The van der Waals surface area contributed by atoms with Crippen LogP contribution in [-0.4, -0.2) is 26.7 Å². The first-order valence-electron chi connectivity index (χ1n) is 6.73. The van der Waals surface area contributed by atoms with Crippen molar-refractivity contribution < 1.29 is 5.11 Å². The van der Waals surface area contributed by atoms with E-state index in [0.29, 0.717) is 12.6 Å². The van der Waals surface area contributed by atoms with E-state index in [1.54, 1.807) is 4.57 Å². The predicted molar refractivity (Wildman–Crippen MR) is 74.2 cm³/mol. The fourth-order valence-corrected chi connectivity index (χ4v) is 2.95. The van der Waals surface area contributed by atoms with Gasteiger partial charge in [-0.15, -0.1) is 0 Å². The maximum Gasteiger partial charge on any atom is 0.326 e. The molecule has 2 heterocycles. The Morgan fingerprint density at radius 3 is 3.00 bits per heavy atom. The first kappa shape index (κ1) is 12.4. The molecule has 0 amide bonds. The monoisotopic (exact) mass is 261 g/mol. The molecule has 0 radical (unpaired) electrons. The minimum absolute atomic E-state index is 0.0232. The summed E-state index contributed by atoms with van der Waals surface area (Å²) in [4.78, 5) is 14.8. The summed E-state index contributed by atoms with van der Waals surface area (Å²) in [5, 5.41) is 14.0. The lowest BCUT2D eigenvalue weighted by molar-refractivity contribution is 0.121. The highest BCUT2D eigenvalue weighted by Crippen LogP contribution is 2.29. The van der Waals surface area contributed by atoms with Crippen LogP contribution < -0.4 is 11.0 Å². The molecule has 0 saturated carbocycles. The van der Waals surface area contributed by atoms with Gasteiger partial charge in [-0.1, -0.05) is 26.0 Å². The zero-order valence-electron chi connectivity index (χ0n) is 11.2. The summed E-state index contributed by atoms with van der Waals surface area (Å²) in [5.41, 5.74) is 2.37. The van der Waals surface area contributed by atoms with Crippen molar-refractivity contribution in [2.75, 3.05) is 0 Å². The smallest absolute Gasteiger partial charge is 0.326 e. The highest BCUT2D eigenvalue weighted by Gasteiger charge is 2.28. The lowest BCUT2D eigenvalue weighted by atomic mass is 9.99. The fraction of sp³-hybridized carbons (Fsp3) is 0.500. The Labute approximate surface area is 111 Å². The SMILES string of the molecule is CC(C)N[C@@H]1CCn2c(=O)[nH]c3cccc(c32)[C@H]1O. The van der Waals surface area contributed by atoms with Gasteiger partial charge in [0.2, 0.25) is 0 Å². The molecule has 19 heavy (non-hydrogen) atoms. The fourth-order valence-electron chi connectivity index (χ4n) is 2.95. The number of benzene rings is 1. The average molecular weight is 261 g/mol. The van der Waals surface area contributed by atoms with Crippen LogP contribution in [0.25, 0.3) is 11.0 Å². The molecule has 1 aliphatic rings. The number of para-hydroxylation sites is 1. The van der Waals surface area contributed by atoms with Gasteiger partial charge in [0.05, 0.1) is 17.1 Å². The zero-order valence-corrected chi connectivity index (χ0v) is 11.2. The Bertz CT molecular complexity index is 656. The third-order valence-corrected chi connectivity index (χ3v) is 3.73. The van der Waals surface area contributed by atoms with Gasteiger partial charge in [-0.2, -0.15) is 0 Å². The molecule has 0 aliphatic carbocycles. The standard InChI is InChI=1S/C14H19N3O2/c1-8(2)15-11-6-7-17-12-9(13(11)18)4-3-5-10(12)16-14(17)19/h3-5,8,11,13,15,18H,6-7H2,1-2H3,(H,16,19)/t11-,13-/m1/s1. The van der Waals surface area contributed by atoms with Crippen molar-refractivity contribution >= 4 is 11.0 Å². The van der Waals surface area contributed by atoms with Gasteiger partial charge in [0.25, 0.3) is 0 Å². The van der Waals surface area contributed by atoms with Crippen LogP contribution in [0.2, 0.25) is 0 Å². The number of aryl methyl sites for hydroxylation is 1. The van der Waals surface area contributed by atoms with Gasteiger partial charge in [0.1, 0.15) is 0 Å². The Hall–Kier alpha value is -1.59. The van der Waals surface area contributed by atoms with E-state index < -0.39 is 6.10 Å². The second kappa shape index (κ2) is 4.51. The summed E-state index contributed by atoms with van der Waals surface area (Å²) in [6, 6.07) is 5.93. The van der Waals surface area contributed by atoms with Crippen molar-refractivity contribution in [2.45, 2.75) is 45.0 Å². The van der Waals surface area contributed by atoms with E-state index in [1.165, 1.54) is 0 Å². The van der Waals surface area contributed by atoms with Crippen molar-refractivity contribution in [1.82, 2.24) is 14.9 Å². The normalized spacial score (nSPS) is 22.9. The number of H-pyrrole nitrogens is 1. The Balaban J connectivity index is 2.14. The van der Waals surface area contributed by atoms with E-state index in [2.05, 4.69) is 24.1 Å². The van der Waals surface area contributed by atoms with E-state index in [9.17, 15) is 9.90 Å². The number of rotatable bonds is 2. The van der Waals surface area contributed by atoms with Crippen molar-refractivity contribution in [3.63, 3.8) is 0 Å². The lowest BCUT2D eigenvalue weighted by Gasteiger charge is -2.24. The molecule has 5 nitrogen and oxygen atoms in total. The number of hydrogen-bond donors (Lipinski definition) is 3. The second-order valence-electron chi connectivity index (χ2n) is 5.49. The number of aliphatic hydroxyl groups excluding tert-OH is 1. The van der Waals surface area contributed by atoms with Crippen LogP contribution in [0, 0.1) is 0 Å². The summed E-state index contributed by atoms with van der Waals surface area (Å²) in [5.74, 6) is 0. The van der Waals surface area contributed by atoms with Crippen molar-refractivity contribution in [1.29, 1.82) is 0 Å². The first-order chi connectivity index (χ1) is 9.08. The summed E-state index contributed by atoms with van der Waals surface area (Å²) in [6.07, 6.45) is 0.149. The maximum absolute atomic E-state index is 11.9. The first-order valence-corrected chi connectivity index (χ1v) is 6.73. The van der Waals surface area contributed by atoms with Gasteiger partial charge in [0.15, 0.2) is 0 Å². The molecular formula is C14H19N3O2. The third-order valence-electron chi connectivity index (χ3n) is 3.73. The van der Waals surface area contributed by atoms with Gasteiger partial charge in [0, 0.05) is 24.2 Å². The van der Waals surface area contributed by atoms with Gasteiger partial charge in [-0.25, -0.2) is 4.79 Å². The van der Waals surface area contributed by atoms with E-state index in [1.807, 2.05) is 18.2 Å². The van der Waals surface area contributed by atoms with Crippen molar-refractivity contribution in [3.8, 4) is 0 Å². The Morgan fingerprint density at radius 2 is 2.26 bits per heavy atom. The van der Waals surface area contributed by atoms with Crippen LogP contribution in [0.1, 0.15) is 31.9 Å². The molecule has 3 rings (SSSR count). The van der Waals surface area contributed by atoms with E-state index in [4.69, 9.17) is 0 Å². The zero-order chi connectivity index (χ0) is 13.6. The second-order valence-corrected chi connectivity index (χ2v) is 5.49. The molecule has 102 valence electrons. The van der Waals surface area contributed by atoms with Crippen LogP contribution in [0.3, 0.4) is 0 Å². The minimum Gasteiger partial charge on any atom is -0.387 e. The van der Waals surface area contributed by atoms with Crippen LogP contribution in [-0.2, 0) is 6.54 Å². The predicted octanol–water partition coefficient (Wildman–Crippen LogP) is 1.13. The van der Waals surface area contributed by atoms with E-state index in [-0.39, 0.29) is 11.7 Å². The van der Waals surface area contributed by atoms with Crippen molar-refractivity contribution in [3.05, 3.63) is 34.2 Å². The highest BCUT2D eigenvalue weighted by atomic mass is 16.3. The minimum atomic E-state index is -0.588. The van der Waals surface area contributed by atoms with Crippen LogP contribution in [0.5, 0.6) is 0 Å². The molecule has 0 fully saturated rings. The largest absolute Gasteiger partial charge is 0.387 e. The quantitative estimate of drug-likeness (QED) is 0.759. The maximum atomic E-state index is 11.9. The summed E-state index contributed by atoms with van der Waals surface area (Å²) >= 11 is 0. The molecule has 0 unspecified atom stereocenters. The van der Waals surface area contributed by atoms with Gasteiger partial charge < -0.3 is 15.4 Å². The lowest BCUT2D eigenvalue weighted by Crippen LogP contribution is -2.39. The molecule has 5 heteroatoms. The average Bonchev–Trinajstić information content (AvgIpc) is 2.61. The van der Waals surface area contributed by atoms with Crippen LogP contribution in [0.15, 0.2) is 23.0 Å². The van der Waals surface area contributed by atoms with E-state index in [0.717, 1.165) is 23.0 Å². The molecule has 0 bridgehead atoms. The third kappa shape index (κ3) is 1.99. The number of nitrogens with zero attached hydrogens (tertiary/aromatic N) is 1. The van der Waals surface area contributed by atoms with E-state index >= 15 is 0 Å². The van der Waals surface area contributed by atoms with Gasteiger partial charge >= 0.3 is 5.69 Å². The molecule has 0 saturated heterocycles. The molecule has 2 atom stereocenters. The molecule has 2 aromatic rings. The summed E-state index contributed by atoms with van der Waals surface area (Å²) in [7, 11) is 0. The summed E-state index contributed by atoms with van der Waals surface area (Å²) in [6.45, 7) is 4.74. The topological polar surface area (TPSA) is 70.0 Å².